The minimum Gasteiger partial charge on any atom is -0.492 e. The Bertz CT molecular complexity index is 848. The van der Waals surface area contributed by atoms with Crippen LogP contribution in [0.15, 0.2) is 50.7 Å². The normalized spacial score (nSPS) is 12.8. The Morgan fingerprint density at radius 1 is 1.22 bits per heavy atom. The van der Waals surface area contributed by atoms with Crippen molar-refractivity contribution in [2.75, 3.05) is 26.5 Å². The summed E-state index contributed by atoms with van der Waals surface area (Å²) < 4.78 is 34.1. The average molecular weight is 507 g/mol. The van der Waals surface area contributed by atoms with Gasteiger partial charge in [-0.3, -0.25) is 4.99 Å². The Morgan fingerprint density at radius 2 is 1.89 bits per heavy atom. The van der Waals surface area contributed by atoms with Crippen molar-refractivity contribution in [2.45, 2.75) is 24.8 Å². The van der Waals surface area contributed by atoms with Crippen LogP contribution in [-0.2, 0) is 9.84 Å². The van der Waals surface area contributed by atoms with E-state index in [2.05, 4.69) is 15.6 Å². The maximum Gasteiger partial charge on any atom is 0.191 e. The fraction of sp³-hybridized carbons (Fsp3) is 0.389. The molecular weight excluding hydrogens is 481 g/mol. The van der Waals surface area contributed by atoms with Gasteiger partial charge in [-0.05, 0) is 50.2 Å². The molecule has 1 aromatic heterocycles. The highest BCUT2D eigenvalue weighted by Crippen LogP contribution is 2.16. The third-order valence-corrected chi connectivity index (χ3v) is 4.81. The lowest BCUT2D eigenvalue weighted by molar-refractivity contribution is 0.321. The Morgan fingerprint density at radius 3 is 2.41 bits per heavy atom. The van der Waals surface area contributed by atoms with Crippen LogP contribution >= 0.6 is 24.0 Å². The van der Waals surface area contributed by atoms with Gasteiger partial charge in [-0.1, -0.05) is 0 Å². The van der Waals surface area contributed by atoms with Gasteiger partial charge in [0.25, 0.3) is 0 Å². The van der Waals surface area contributed by atoms with Crippen LogP contribution in [0.5, 0.6) is 5.75 Å². The lowest BCUT2D eigenvalue weighted by Gasteiger charge is -2.16. The molecule has 0 radical (unpaired) electrons. The molecule has 0 saturated heterocycles. The van der Waals surface area contributed by atoms with E-state index >= 15 is 0 Å². The van der Waals surface area contributed by atoms with Crippen LogP contribution in [0.3, 0.4) is 0 Å². The molecule has 1 unspecified atom stereocenters. The number of ether oxygens (including phenoxy) is 1. The molecule has 1 heterocycles. The van der Waals surface area contributed by atoms with Crippen molar-refractivity contribution in [2.24, 2.45) is 4.99 Å². The van der Waals surface area contributed by atoms with Crippen molar-refractivity contribution in [3.63, 3.8) is 0 Å². The molecule has 0 saturated carbocycles. The summed E-state index contributed by atoms with van der Waals surface area (Å²) in [5.41, 5.74) is 0. The lowest BCUT2D eigenvalue weighted by Crippen LogP contribution is -2.40. The number of benzene rings is 1. The number of guanidine groups is 1. The van der Waals surface area contributed by atoms with Crippen LogP contribution in [0.4, 0.5) is 0 Å². The van der Waals surface area contributed by atoms with Crippen molar-refractivity contribution < 1.29 is 17.6 Å². The summed E-state index contributed by atoms with van der Waals surface area (Å²) in [6, 6.07) is 10.2. The molecule has 2 N–H and O–H groups in total. The first-order valence-corrected chi connectivity index (χ1v) is 10.1. The summed E-state index contributed by atoms with van der Waals surface area (Å²) in [7, 11) is -1.50. The third-order valence-electron chi connectivity index (χ3n) is 3.68. The average Bonchev–Trinajstić information content (AvgIpc) is 3.03. The maximum atomic E-state index is 11.4. The first kappa shape index (κ1) is 23.3. The van der Waals surface area contributed by atoms with Gasteiger partial charge in [0.2, 0.25) is 0 Å². The van der Waals surface area contributed by atoms with Crippen molar-refractivity contribution in [1.29, 1.82) is 0 Å². The van der Waals surface area contributed by atoms with Crippen molar-refractivity contribution in [1.82, 2.24) is 10.6 Å². The van der Waals surface area contributed by atoms with Gasteiger partial charge in [-0.25, -0.2) is 8.42 Å². The molecule has 27 heavy (non-hydrogen) atoms. The molecular formula is C18H26IN3O4S. The van der Waals surface area contributed by atoms with Gasteiger partial charge in [-0.15, -0.1) is 24.0 Å². The van der Waals surface area contributed by atoms with Crippen LogP contribution in [0.1, 0.15) is 24.5 Å². The molecule has 0 bridgehead atoms. The molecule has 0 amide bonds. The van der Waals surface area contributed by atoms with E-state index in [0.29, 0.717) is 24.9 Å². The monoisotopic (exact) mass is 507 g/mol. The molecule has 0 fully saturated rings. The molecule has 1 aromatic carbocycles. The topological polar surface area (TPSA) is 92.9 Å². The van der Waals surface area contributed by atoms with Gasteiger partial charge in [0.05, 0.1) is 17.5 Å². The maximum absolute atomic E-state index is 11.4. The number of hydrogen-bond acceptors (Lipinski definition) is 5. The minimum atomic E-state index is -3.19. The Balaban J connectivity index is 0.00000364. The fourth-order valence-corrected chi connectivity index (χ4v) is 2.91. The standard InChI is InChI=1S/C18H25N3O4S.HI/c1-13-5-10-17(25-13)14(2)21-18(19-3)20-11-12-24-15-6-8-16(9-7-15)26(4,22)23;/h5-10,14H,11-12H2,1-4H3,(H2,19,20,21);1H. The number of nitrogens with zero attached hydrogens (tertiary/aromatic N) is 1. The summed E-state index contributed by atoms with van der Waals surface area (Å²) in [6.07, 6.45) is 1.18. The van der Waals surface area contributed by atoms with E-state index in [1.165, 1.54) is 18.4 Å². The summed E-state index contributed by atoms with van der Waals surface area (Å²) in [5, 5.41) is 6.40. The zero-order valence-electron chi connectivity index (χ0n) is 15.9. The molecule has 0 aliphatic rings. The number of hydrogen-bond donors (Lipinski definition) is 2. The van der Waals surface area contributed by atoms with E-state index in [4.69, 9.17) is 9.15 Å². The molecule has 0 spiro atoms. The highest BCUT2D eigenvalue weighted by molar-refractivity contribution is 14.0. The van der Waals surface area contributed by atoms with Gasteiger partial charge in [0.1, 0.15) is 23.9 Å². The van der Waals surface area contributed by atoms with Crippen LogP contribution < -0.4 is 15.4 Å². The number of halogens is 1. The molecule has 9 heteroatoms. The first-order chi connectivity index (χ1) is 12.3. The Kier molecular flexibility index (Phi) is 9.10. The predicted octanol–water partition coefficient (Wildman–Crippen LogP) is 2.91. The largest absolute Gasteiger partial charge is 0.492 e. The van der Waals surface area contributed by atoms with Gasteiger partial charge in [0.15, 0.2) is 15.8 Å². The molecule has 2 rings (SSSR count). The Hall–Kier alpha value is -1.75. The van der Waals surface area contributed by atoms with Gasteiger partial charge in [0, 0.05) is 13.3 Å². The third kappa shape index (κ3) is 7.41. The summed E-state index contributed by atoms with van der Waals surface area (Å²) in [6.45, 7) is 4.85. The summed E-state index contributed by atoms with van der Waals surface area (Å²) in [5.74, 6) is 2.96. The smallest absolute Gasteiger partial charge is 0.191 e. The van der Waals surface area contributed by atoms with Crippen LogP contribution in [0, 0.1) is 6.92 Å². The zero-order chi connectivity index (χ0) is 19.2. The van der Waals surface area contributed by atoms with Crippen molar-refractivity contribution >= 4 is 39.8 Å². The van der Waals surface area contributed by atoms with E-state index < -0.39 is 9.84 Å². The van der Waals surface area contributed by atoms with E-state index in [-0.39, 0.29) is 34.9 Å². The van der Waals surface area contributed by atoms with E-state index in [1.54, 1.807) is 19.2 Å². The number of aliphatic imine (C=N–C) groups is 1. The first-order valence-electron chi connectivity index (χ1n) is 8.26. The number of rotatable bonds is 7. The number of furan rings is 1. The number of aryl methyl sites for hydroxylation is 1. The number of nitrogens with one attached hydrogen (secondary N) is 2. The highest BCUT2D eigenvalue weighted by Gasteiger charge is 2.11. The summed E-state index contributed by atoms with van der Waals surface area (Å²) in [4.78, 5) is 4.45. The molecule has 0 aliphatic heterocycles. The van der Waals surface area contributed by atoms with Crippen molar-refractivity contribution in [3.05, 3.63) is 47.9 Å². The quantitative estimate of drug-likeness (QED) is 0.259. The minimum absolute atomic E-state index is 0. The SMILES string of the molecule is CN=C(NCCOc1ccc(S(C)(=O)=O)cc1)NC(C)c1ccc(C)o1.I. The van der Waals surface area contributed by atoms with Crippen LogP contribution in [-0.4, -0.2) is 40.8 Å². The van der Waals surface area contributed by atoms with Crippen LogP contribution in [0.2, 0.25) is 0 Å². The summed E-state index contributed by atoms with van der Waals surface area (Å²) >= 11 is 0. The fourth-order valence-electron chi connectivity index (χ4n) is 2.28. The molecule has 150 valence electrons. The van der Waals surface area contributed by atoms with E-state index in [1.807, 2.05) is 26.0 Å². The second-order valence-corrected chi connectivity index (χ2v) is 7.92. The number of sulfone groups is 1. The predicted molar refractivity (Wildman–Crippen MR) is 117 cm³/mol. The lowest BCUT2D eigenvalue weighted by atomic mass is 10.2. The highest BCUT2D eigenvalue weighted by atomic mass is 127. The molecule has 2 aromatic rings. The van der Waals surface area contributed by atoms with Crippen LogP contribution in [0.25, 0.3) is 0 Å². The van der Waals surface area contributed by atoms with Crippen molar-refractivity contribution in [3.8, 4) is 5.75 Å². The van der Waals surface area contributed by atoms with Gasteiger partial charge >= 0.3 is 0 Å². The van der Waals surface area contributed by atoms with Gasteiger partial charge in [-0.2, -0.15) is 0 Å². The second kappa shape index (κ2) is 10.5. The molecule has 7 nitrogen and oxygen atoms in total. The van der Waals surface area contributed by atoms with E-state index in [9.17, 15) is 8.42 Å². The molecule has 1 atom stereocenters. The zero-order valence-corrected chi connectivity index (χ0v) is 19.0. The van der Waals surface area contributed by atoms with Gasteiger partial charge < -0.3 is 19.8 Å². The molecule has 0 aliphatic carbocycles. The Labute approximate surface area is 177 Å². The van der Waals surface area contributed by atoms with E-state index in [0.717, 1.165) is 11.5 Å². The second-order valence-electron chi connectivity index (χ2n) is 5.91.